The molecular formula is C14H26OS. The molecule has 0 N–H and O–H groups in total. The topological polar surface area (TPSA) is 17.1 Å². The molecule has 0 aliphatic rings. The molecule has 0 saturated heterocycles. The van der Waals surface area contributed by atoms with Gasteiger partial charge in [0.15, 0.2) is 5.12 Å². The molecule has 1 nitrogen and oxygen atoms in total. The molecule has 0 aromatic heterocycles. The summed E-state index contributed by atoms with van der Waals surface area (Å²) >= 11 is 1.50. The van der Waals surface area contributed by atoms with E-state index >= 15 is 0 Å². The molecule has 0 bridgehead atoms. The van der Waals surface area contributed by atoms with E-state index in [1.165, 1.54) is 55.9 Å². The third kappa shape index (κ3) is 11.8. The molecule has 0 aromatic rings. The second kappa shape index (κ2) is 11.3. The average Bonchev–Trinajstić information content (AvgIpc) is 2.25. The van der Waals surface area contributed by atoms with Gasteiger partial charge in [0.2, 0.25) is 0 Å². The molecule has 0 amide bonds. The van der Waals surface area contributed by atoms with Crippen molar-refractivity contribution in [1.82, 2.24) is 0 Å². The van der Waals surface area contributed by atoms with E-state index in [0.29, 0.717) is 11.5 Å². The number of hydrogen-bond acceptors (Lipinski definition) is 2. The molecule has 0 unspecified atom stereocenters. The zero-order valence-electron chi connectivity index (χ0n) is 11.1. The summed E-state index contributed by atoms with van der Waals surface area (Å²) in [6, 6.07) is 0. The van der Waals surface area contributed by atoms with Gasteiger partial charge in [0.05, 0.1) is 0 Å². The van der Waals surface area contributed by atoms with Gasteiger partial charge < -0.3 is 0 Å². The SMILES string of the molecule is CCCCCCCCSC(=O)CC=C(C)C. The van der Waals surface area contributed by atoms with Gasteiger partial charge in [-0.25, -0.2) is 0 Å². The van der Waals surface area contributed by atoms with Gasteiger partial charge >= 0.3 is 0 Å². The number of rotatable bonds is 9. The minimum Gasteiger partial charge on any atom is -0.287 e. The lowest BCUT2D eigenvalue weighted by molar-refractivity contribution is -0.110. The number of carbonyl (C=O) groups excluding carboxylic acids is 1. The second-order valence-corrected chi connectivity index (χ2v) is 5.63. The van der Waals surface area contributed by atoms with E-state index < -0.39 is 0 Å². The number of carbonyl (C=O) groups is 1. The second-order valence-electron chi connectivity index (χ2n) is 4.47. The van der Waals surface area contributed by atoms with Crippen molar-refractivity contribution < 1.29 is 4.79 Å². The predicted octanol–water partition coefficient (Wildman–Crippen LogP) is 4.96. The maximum absolute atomic E-state index is 11.4. The van der Waals surface area contributed by atoms with Crippen LogP contribution in [-0.2, 0) is 4.79 Å². The Morgan fingerprint density at radius 3 is 2.31 bits per heavy atom. The lowest BCUT2D eigenvalue weighted by atomic mass is 10.1. The van der Waals surface area contributed by atoms with Crippen molar-refractivity contribution in [1.29, 1.82) is 0 Å². The van der Waals surface area contributed by atoms with Crippen molar-refractivity contribution in [3.05, 3.63) is 11.6 Å². The molecular weight excluding hydrogens is 216 g/mol. The minimum atomic E-state index is 0.315. The van der Waals surface area contributed by atoms with Crippen LogP contribution in [0.2, 0.25) is 0 Å². The van der Waals surface area contributed by atoms with Crippen LogP contribution in [0.5, 0.6) is 0 Å². The summed E-state index contributed by atoms with van der Waals surface area (Å²) in [6.45, 7) is 6.30. The first-order valence-corrected chi connectivity index (χ1v) is 7.44. The maximum Gasteiger partial charge on any atom is 0.192 e. The molecule has 0 spiro atoms. The minimum absolute atomic E-state index is 0.315. The lowest BCUT2D eigenvalue weighted by Crippen LogP contribution is -1.92. The number of thioether (sulfide) groups is 1. The van der Waals surface area contributed by atoms with Gasteiger partial charge in [0, 0.05) is 12.2 Å². The van der Waals surface area contributed by atoms with E-state index in [1.54, 1.807) is 0 Å². The van der Waals surface area contributed by atoms with E-state index in [2.05, 4.69) is 6.92 Å². The Hall–Kier alpha value is -0.240. The summed E-state index contributed by atoms with van der Waals surface area (Å²) in [6.07, 6.45) is 10.4. The Morgan fingerprint density at radius 1 is 1.06 bits per heavy atom. The van der Waals surface area contributed by atoms with Crippen molar-refractivity contribution in [3.63, 3.8) is 0 Å². The predicted molar refractivity (Wildman–Crippen MR) is 74.9 cm³/mol. The van der Waals surface area contributed by atoms with Gasteiger partial charge in [0.25, 0.3) is 0 Å². The Labute approximate surface area is 105 Å². The smallest absolute Gasteiger partial charge is 0.192 e. The van der Waals surface area contributed by atoms with Crippen LogP contribution in [0.1, 0.15) is 65.7 Å². The number of hydrogen-bond donors (Lipinski definition) is 0. The standard InChI is InChI=1S/C14H26OS/c1-4-5-6-7-8-9-12-16-14(15)11-10-13(2)3/h10H,4-9,11-12H2,1-3H3. The zero-order valence-corrected chi connectivity index (χ0v) is 11.9. The van der Waals surface area contributed by atoms with Crippen LogP contribution in [0.3, 0.4) is 0 Å². The molecule has 0 saturated carbocycles. The van der Waals surface area contributed by atoms with E-state index in [9.17, 15) is 4.79 Å². The van der Waals surface area contributed by atoms with E-state index in [-0.39, 0.29) is 0 Å². The molecule has 0 atom stereocenters. The maximum atomic E-state index is 11.4. The van der Waals surface area contributed by atoms with E-state index in [4.69, 9.17) is 0 Å². The average molecular weight is 242 g/mol. The van der Waals surface area contributed by atoms with Crippen molar-refractivity contribution in [2.45, 2.75) is 65.7 Å². The summed E-state index contributed by atoms with van der Waals surface area (Å²) < 4.78 is 0. The first kappa shape index (κ1) is 15.8. The van der Waals surface area contributed by atoms with E-state index in [1.807, 2.05) is 19.9 Å². The Balaban J connectivity index is 3.25. The van der Waals surface area contributed by atoms with Crippen molar-refractivity contribution in [2.75, 3.05) is 5.75 Å². The molecule has 0 radical (unpaired) electrons. The molecule has 0 heterocycles. The molecule has 0 aliphatic carbocycles. The molecule has 94 valence electrons. The van der Waals surface area contributed by atoms with Gasteiger partial charge in [-0.2, -0.15) is 0 Å². The highest BCUT2D eigenvalue weighted by molar-refractivity contribution is 8.13. The van der Waals surface area contributed by atoms with Crippen LogP contribution >= 0.6 is 11.8 Å². The Morgan fingerprint density at radius 2 is 1.69 bits per heavy atom. The highest BCUT2D eigenvalue weighted by Crippen LogP contribution is 2.12. The zero-order chi connectivity index (χ0) is 12.2. The fraction of sp³-hybridized carbons (Fsp3) is 0.786. The molecule has 0 aliphatic heterocycles. The van der Waals surface area contributed by atoms with Gasteiger partial charge in [-0.05, 0) is 20.3 Å². The normalized spacial score (nSPS) is 10.2. The van der Waals surface area contributed by atoms with Gasteiger partial charge in [-0.3, -0.25) is 4.79 Å². The Bertz CT molecular complexity index is 205. The van der Waals surface area contributed by atoms with Crippen LogP contribution in [0.25, 0.3) is 0 Å². The van der Waals surface area contributed by atoms with Gasteiger partial charge in [-0.1, -0.05) is 62.4 Å². The molecule has 16 heavy (non-hydrogen) atoms. The highest BCUT2D eigenvalue weighted by Gasteiger charge is 1.99. The molecule has 0 aromatic carbocycles. The molecule has 0 fully saturated rings. The molecule has 2 heteroatoms. The van der Waals surface area contributed by atoms with Gasteiger partial charge in [-0.15, -0.1) is 0 Å². The van der Waals surface area contributed by atoms with Crippen molar-refractivity contribution >= 4 is 16.9 Å². The fourth-order valence-electron chi connectivity index (χ4n) is 1.41. The lowest BCUT2D eigenvalue weighted by Gasteiger charge is -2.00. The Kier molecular flexibility index (Phi) is 11.1. The summed E-state index contributed by atoms with van der Waals surface area (Å²) in [5.41, 5.74) is 1.23. The fourth-order valence-corrected chi connectivity index (χ4v) is 2.19. The van der Waals surface area contributed by atoms with E-state index in [0.717, 1.165) is 5.75 Å². The van der Waals surface area contributed by atoms with Crippen LogP contribution in [0.4, 0.5) is 0 Å². The molecule has 0 rings (SSSR count). The summed E-state index contributed by atoms with van der Waals surface area (Å²) in [5.74, 6) is 1.00. The summed E-state index contributed by atoms with van der Waals surface area (Å²) in [5, 5.41) is 0.315. The third-order valence-corrected chi connectivity index (χ3v) is 3.42. The number of allylic oxidation sites excluding steroid dienone is 2. The number of unbranched alkanes of at least 4 members (excludes halogenated alkanes) is 5. The summed E-state index contributed by atoms with van der Waals surface area (Å²) in [7, 11) is 0. The van der Waals surface area contributed by atoms with Crippen LogP contribution in [0.15, 0.2) is 11.6 Å². The van der Waals surface area contributed by atoms with Gasteiger partial charge in [0.1, 0.15) is 0 Å². The highest BCUT2D eigenvalue weighted by atomic mass is 32.2. The van der Waals surface area contributed by atoms with Crippen LogP contribution in [0, 0.1) is 0 Å². The van der Waals surface area contributed by atoms with Crippen molar-refractivity contribution in [3.8, 4) is 0 Å². The van der Waals surface area contributed by atoms with Crippen LogP contribution < -0.4 is 0 Å². The van der Waals surface area contributed by atoms with Crippen LogP contribution in [-0.4, -0.2) is 10.9 Å². The summed E-state index contributed by atoms with van der Waals surface area (Å²) in [4.78, 5) is 11.4. The quantitative estimate of drug-likeness (QED) is 0.420. The monoisotopic (exact) mass is 242 g/mol. The first-order valence-electron chi connectivity index (χ1n) is 6.45. The third-order valence-electron chi connectivity index (χ3n) is 2.44. The first-order chi connectivity index (χ1) is 7.66. The largest absolute Gasteiger partial charge is 0.287 e. The van der Waals surface area contributed by atoms with Crippen molar-refractivity contribution in [2.24, 2.45) is 0 Å².